The molecule has 8 nitrogen and oxygen atoms in total. The molecule has 0 radical (unpaired) electrons. The van der Waals surface area contributed by atoms with Gasteiger partial charge in [0.15, 0.2) is 5.96 Å². The molecule has 2 fully saturated rings. The zero-order valence-electron chi connectivity index (χ0n) is 16.7. The third-order valence-corrected chi connectivity index (χ3v) is 5.16. The van der Waals surface area contributed by atoms with Gasteiger partial charge in [-0.1, -0.05) is 6.07 Å². The number of guanidine groups is 1. The van der Waals surface area contributed by atoms with E-state index >= 15 is 0 Å². The van der Waals surface area contributed by atoms with E-state index in [-0.39, 0.29) is 0 Å². The second-order valence-corrected chi connectivity index (χ2v) is 7.08. The number of aliphatic imine (C=N–C) groups is 1. The maximum atomic E-state index is 5.39. The average molecular weight is 376 g/mol. The first-order valence-corrected chi connectivity index (χ1v) is 9.88. The molecule has 3 heterocycles. The molecule has 0 atom stereocenters. The quantitative estimate of drug-likeness (QED) is 0.529. The highest BCUT2D eigenvalue weighted by molar-refractivity contribution is 5.79. The molecule has 0 spiro atoms. The summed E-state index contributed by atoms with van der Waals surface area (Å²) in [5.74, 6) is 1.92. The van der Waals surface area contributed by atoms with Crippen LogP contribution in [0.4, 0.5) is 5.82 Å². The molecule has 0 bridgehead atoms. The zero-order valence-corrected chi connectivity index (χ0v) is 16.7. The monoisotopic (exact) mass is 375 g/mol. The van der Waals surface area contributed by atoms with Gasteiger partial charge in [0, 0.05) is 77.7 Å². The molecule has 8 heteroatoms. The Hall–Kier alpha value is -1.90. The van der Waals surface area contributed by atoms with Gasteiger partial charge in [-0.15, -0.1) is 0 Å². The molecule has 2 saturated heterocycles. The molecule has 2 aliphatic rings. The molecular formula is C19H33N7O. The van der Waals surface area contributed by atoms with E-state index < -0.39 is 0 Å². The summed E-state index contributed by atoms with van der Waals surface area (Å²) >= 11 is 0. The van der Waals surface area contributed by atoms with E-state index in [2.05, 4.69) is 48.4 Å². The minimum absolute atomic E-state index is 0.715. The van der Waals surface area contributed by atoms with Crippen molar-refractivity contribution in [3.63, 3.8) is 0 Å². The molecule has 150 valence electrons. The molecule has 0 unspecified atom stereocenters. The van der Waals surface area contributed by atoms with Crippen molar-refractivity contribution in [3.05, 3.63) is 23.9 Å². The van der Waals surface area contributed by atoms with Crippen molar-refractivity contribution in [2.24, 2.45) is 4.99 Å². The lowest BCUT2D eigenvalue weighted by atomic mass is 10.2. The van der Waals surface area contributed by atoms with Crippen LogP contribution in [0.2, 0.25) is 0 Å². The SMILES string of the molecule is CN=C(NCCN1CCOCC1)NCc1cccnc1N1CCN(C)CC1. The van der Waals surface area contributed by atoms with Gasteiger partial charge in [-0.3, -0.25) is 9.89 Å². The summed E-state index contributed by atoms with van der Waals surface area (Å²) in [6.45, 7) is 10.5. The smallest absolute Gasteiger partial charge is 0.191 e. The van der Waals surface area contributed by atoms with Crippen LogP contribution in [0, 0.1) is 0 Å². The normalized spacial score (nSPS) is 19.9. The fraction of sp³-hybridized carbons (Fsp3) is 0.684. The molecular weight excluding hydrogens is 342 g/mol. The third-order valence-electron chi connectivity index (χ3n) is 5.16. The first-order chi connectivity index (χ1) is 13.3. The number of hydrogen-bond acceptors (Lipinski definition) is 6. The van der Waals surface area contributed by atoms with Crippen molar-refractivity contribution in [2.75, 3.05) is 84.6 Å². The van der Waals surface area contributed by atoms with Crippen molar-refractivity contribution in [1.82, 2.24) is 25.4 Å². The second kappa shape index (κ2) is 10.4. The summed E-state index contributed by atoms with van der Waals surface area (Å²) in [4.78, 5) is 16.1. The Morgan fingerprint density at radius 3 is 2.67 bits per heavy atom. The maximum absolute atomic E-state index is 5.39. The molecule has 1 aromatic heterocycles. The van der Waals surface area contributed by atoms with E-state index in [4.69, 9.17) is 4.74 Å². The standard InChI is InChI=1S/C19H33N7O/c1-20-19(22-6-7-25-12-14-27-15-13-25)23-16-17-4-3-5-21-18(17)26-10-8-24(2)9-11-26/h3-5H,6-16H2,1-2H3,(H2,20,22,23). The summed E-state index contributed by atoms with van der Waals surface area (Å²) in [7, 11) is 3.99. The summed E-state index contributed by atoms with van der Waals surface area (Å²) in [5, 5.41) is 6.84. The van der Waals surface area contributed by atoms with E-state index in [1.54, 1.807) is 0 Å². The van der Waals surface area contributed by atoms with Gasteiger partial charge in [-0.25, -0.2) is 4.98 Å². The van der Waals surface area contributed by atoms with Crippen molar-refractivity contribution in [2.45, 2.75) is 6.54 Å². The molecule has 0 aliphatic carbocycles. The van der Waals surface area contributed by atoms with Crippen LogP contribution in [0.5, 0.6) is 0 Å². The number of morpholine rings is 1. The van der Waals surface area contributed by atoms with Crippen LogP contribution in [0.25, 0.3) is 0 Å². The minimum Gasteiger partial charge on any atom is -0.379 e. The lowest BCUT2D eigenvalue weighted by molar-refractivity contribution is 0.0389. The third kappa shape index (κ3) is 6.05. The first kappa shape index (κ1) is 19.9. The highest BCUT2D eigenvalue weighted by Gasteiger charge is 2.18. The van der Waals surface area contributed by atoms with Crippen LogP contribution < -0.4 is 15.5 Å². The largest absolute Gasteiger partial charge is 0.379 e. The average Bonchev–Trinajstić information content (AvgIpc) is 2.72. The number of piperazine rings is 1. The Bertz CT molecular complexity index is 595. The molecule has 2 N–H and O–H groups in total. The first-order valence-electron chi connectivity index (χ1n) is 9.88. The van der Waals surface area contributed by atoms with Gasteiger partial charge in [0.2, 0.25) is 0 Å². The van der Waals surface area contributed by atoms with Crippen molar-refractivity contribution < 1.29 is 4.74 Å². The molecule has 1 aromatic rings. The highest BCUT2D eigenvalue weighted by Crippen LogP contribution is 2.18. The fourth-order valence-electron chi connectivity index (χ4n) is 3.43. The van der Waals surface area contributed by atoms with Gasteiger partial charge < -0.3 is 25.2 Å². The van der Waals surface area contributed by atoms with Crippen LogP contribution in [-0.2, 0) is 11.3 Å². The zero-order chi connectivity index (χ0) is 18.9. The van der Waals surface area contributed by atoms with E-state index in [9.17, 15) is 0 Å². The summed E-state index contributed by atoms with van der Waals surface area (Å²) < 4.78 is 5.39. The number of nitrogens with one attached hydrogen (secondary N) is 2. The van der Waals surface area contributed by atoms with E-state index in [0.717, 1.165) is 77.3 Å². The molecule has 0 aromatic carbocycles. The Balaban J connectivity index is 1.48. The molecule has 27 heavy (non-hydrogen) atoms. The number of pyridine rings is 1. The van der Waals surface area contributed by atoms with E-state index in [0.29, 0.717) is 6.54 Å². The predicted octanol–water partition coefficient (Wildman–Crippen LogP) is -0.169. The van der Waals surface area contributed by atoms with Gasteiger partial charge in [-0.2, -0.15) is 0 Å². The summed E-state index contributed by atoms with van der Waals surface area (Å²) in [6.07, 6.45) is 1.88. The Morgan fingerprint density at radius 2 is 1.93 bits per heavy atom. The van der Waals surface area contributed by atoms with E-state index in [1.165, 1.54) is 5.56 Å². The number of aromatic nitrogens is 1. The van der Waals surface area contributed by atoms with Gasteiger partial charge in [-0.05, 0) is 13.1 Å². The maximum Gasteiger partial charge on any atom is 0.191 e. The van der Waals surface area contributed by atoms with Crippen LogP contribution >= 0.6 is 0 Å². The van der Waals surface area contributed by atoms with Crippen molar-refractivity contribution in [1.29, 1.82) is 0 Å². The van der Waals surface area contributed by atoms with Gasteiger partial charge in [0.05, 0.1) is 13.2 Å². The molecule has 2 aliphatic heterocycles. The number of nitrogens with zero attached hydrogens (tertiary/aromatic N) is 5. The Labute approximate surface area is 162 Å². The number of rotatable bonds is 6. The van der Waals surface area contributed by atoms with Crippen LogP contribution in [0.1, 0.15) is 5.56 Å². The minimum atomic E-state index is 0.715. The van der Waals surface area contributed by atoms with Gasteiger partial charge >= 0.3 is 0 Å². The van der Waals surface area contributed by atoms with Gasteiger partial charge in [0.1, 0.15) is 5.82 Å². The number of ether oxygens (including phenoxy) is 1. The highest BCUT2D eigenvalue weighted by atomic mass is 16.5. The fourth-order valence-corrected chi connectivity index (χ4v) is 3.43. The van der Waals surface area contributed by atoms with Crippen LogP contribution in [0.3, 0.4) is 0 Å². The number of anilines is 1. The molecule has 0 saturated carbocycles. The molecule has 3 rings (SSSR count). The van der Waals surface area contributed by atoms with Crippen molar-refractivity contribution in [3.8, 4) is 0 Å². The summed E-state index contributed by atoms with van der Waals surface area (Å²) in [5.41, 5.74) is 1.21. The van der Waals surface area contributed by atoms with Crippen LogP contribution in [0.15, 0.2) is 23.3 Å². The second-order valence-electron chi connectivity index (χ2n) is 7.08. The van der Waals surface area contributed by atoms with Crippen LogP contribution in [-0.4, -0.2) is 100 Å². The predicted molar refractivity (Wildman–Crippen MR) is 109 cm³/mol. The number of likely N-dealkylation sites (N-methyl/N-ethyl adjacent to an activating group) is 1. The van der Waals surface area contributed by atoms with Crippen molar-refractivity contribution >= 4 is 11.8 Å². The topological polar surface area (TPSA) is 68.3 Å². The lowest BCUT2D eigenvalue weighted by Crippen LogP contribution is -2.46. The Morgan fingerprint density at radius 1 is 1.15 bits per heavy atom. The Kier molecular flexibility index (Phi) is 7.67. The lowest BCUT2D eigenvalue weighted by Gasteiger charge is -2.34. The van der Waals surface area contributed by atoms with Gasteiger partial charge in [0.25, 0.3) is 0 Å². The molecule has 0 amide bonds. The number of hydrogen-bond donors (Lipinski definition) is 2. The summed E-state index contributed by atoms with van der Waals surface area (Å²) in [6, 6.07) is 4.15. The van der Waals surface area contributed by atoms with E-state index in [1.807, 2.05) is 19.3 Å².